The van der Waals surface area contributed by atoms with E-state index in [1.165, 1.54) is 19.3 Å². The number of nitrogens with one attached hydrogen (secondary N) is 1. The molecule has 2 heterocycles. The molecule has 0 saturated heterocycles. The van der Waals surface area contributed by atoms with Gasteiger partial charge in [0.2, 0.25) is 5.91 Å². The number of amides is 1. The molecule has 1 N–H and O–H groups in total. The summed E-state index contributed by atoms with van der Waals surface area (Å²) in [5.74, 6) is 0.432. The molecule has 3 rings (SSSR count). The number of carbonyl (C=O) groups is 1. The Kier molecular flexibility index (Phi) is 4.65. The molecule has 2 aromatic rings. The minimum absolute atomic E-state index is 0.212. The molecule has 0 unspecified atom stereocenters. The molecule has 0 spiro atoms. The van der Waals surface area contributed by atoms with E-state index in [4.69, 9.17) is 0 Å². The van der Waals surface area contributed by atoms with Crippen LogP contribution in [-0.2, 0) is 11.3 Å². The van der Waals surface area contributed by atoms with E-state index < -0.39 is 0 Å². The van der Waals surface area contributed by atoms with E-state index in [-0.39, 0.29) is 11.8 Å². The molecule has 3 nitrogen and oxygen atoms in total. The van der Waals surface area contributed by atoms with Gasteiger partial charge in [0.05, 0.1) is 10.6 Å². The van der Waals surface area contributed by atoms with Crippen LogP contribution in [0.25, 0.3) is 10.6 Å². The monoisotopic (exact) mass is 300 g/mol. The first kappa shape index (κ1) is 14.3. The zero-order chi connectivity index (χ0) is 14.5. The van der Waals surface area contributed by atoms with Gasteiger partial charge in [0.15, 0.2) is 0 Å². The Labute approximate surface area is 129 Å². The van der Waals surface area contributed by atoms with Crippen molar-refractivity contribution in [1.82, 2.24) is 10.3 Å². The van der Waals surface area contributed by atoms with Crippen molar-refractivity contribution >= 4 is 17.2 Å². The van der Waals surface area contributed by atoms with E-state index in [9.17, 15) is 4.79 Å². The molecule has 1 fully saturated rings. The highest BCUT2D eigenvalue weighted by atomic mass is 32.1. The number of carbonyl (C=O) groups excluding carboxylic acids is 1. The molecule has 0 bridgehead atoms. The zero-order valence-corrected chi connectivity index (χ0v) is 12.9. The van der Waals surface area contributed by atoms with Crippen LogP contribution >= 0.6 is 11.3 Å². The van der Waals surface area contributed by atoms with Gasteiger partial charge in [0.25, 0.3) is 0 Å². The van der Waals surface area contributed by atoms with E-state index >= 15 is 0 Å². The van der Waals surface area contributed by atoms with Gasteiger partial charge in [0.1, 0.15) is 0 Å². The first-order valence-corrected chi connectivity index (χ1v) is 8.47. The molecule has 1 aliphatic carbocycles. The highest BCUT2D eigenvalue weighted by molar-refractivity contribution is 7.13. The third-order valence-corrected chi connectivity index (χ3v) is 4.93. The fraction of sp³-hybridized carbons (Fsp3) is 0.412. The second kappa shape index (κ2) is 6.85. The lowest BCUT2D eigenvalue weighted by molar-refractivity contribution is -0.126. The lowest BCUT2D eigenvalue weighted by Crippen LogP contribution is -2.31. The van der Waals surface area contributed by atoms with Crippen LogP contribution in [0.2, 0.25) is 0 Å². The van der Waals surface area contributed by atoms with Gasteiger partial charge in [-0.1, -0.05) is 25.3 Å². The van der Waals surface area contributed by atoms with Crippen LogP contribution in [0.1, 0.15) is 37.7 Å². The van der Waals surface area contributed by atoms with Crippen LogP contribution < -0.4 is 5.32 Å². The van der Waals surface area contributed by atoms with Crippen molar-refractivity contribution in [2.75, 3.05) is 0 Å². The van der Waals surface area contributed by atoms with Crippen molar-refractivity contribution in [3.05, 3.63) is 41.4 Å². The largest absolute Gasteiger partial charge is 0.352 e. The summed E-state index contributed by atoms with van der Waals surface area (Å²) in [6, 6.07) is 8.13. The van der Waals surface area contributed by atoms with Crippen LogP contribution in [-0.4, -0.2) is 10.9 Å². The number of nitrogens with zero attached hydrogens (tertiary/aromatic N) is 1. The number of aromatic nitrogens is 1. The Balaban J connectivity index is 1.60. The second-order valence-electron chi connectivity index (χ2n) is 5.58. The Morgan fingerprint density at radius 3 is 2.90 bits per heavy atom. The predicted octanol–water partition coefficient (Wildman–Crippen LogP) is 4.01. The maximum absolute atomic E-state index is 12.2. The van der Waals surface area contributed by atoms with Crippen LogP contribution in [0.4, 0.5) is 0 Å². The summed E-state index contributed by atoms with van der Waals surface area (Å²) in [5.41, 5.74) is 2.09. The second-order valence-corrected chi connectivity index (χ2v) is 6.53. The summed E-state index contributed by atoms with van der Waals surface area (Å²) in [6.07, 6.45) is 7.56. The number of hydrogen-bond donors (Lipinski definition) is 1. The molecule has 110 valence electrons. The van der Waals surface area contributed by atoms with E-state index in [0.29, 0.717) is 6.54 Å². The maximum Gasteiger partial charge on any atom is 0.223 e. The SMILES string of the molecule is O=C(NCc1ccnc(-c2cccs2)c1)C1CCCCC1. The summed E-state index contributed by atoms with van der Waals surface area (Å²) in [7, 11) is 0. The predicted molar refractivity (Wildman–Crippen MR) is 86.0 cm³/mol. The third-order valence-electron chi connectivity index (χ3n) is 4.04. The van der Waals surface area contributed by atoms with E-state index in [2.05, 4.69) is 27.8 Å². The molecule has 0 atom stereocenters. The van der Waals surface area contributed by atoms with Crippen LogP contribution in [0.3, 0.4) is 0 Å². The van der Waals surface area contributed by atoms with Gasteiger partial charge in [-0.2, -0.15) is 0 Å². The first-order chi connectivity index (χ1) is 10.3. The molecule has 1 amide bonds. The summed E-state index contributed by atoms with van der Waals surface area (Å²) >= 11 is 1.68. The Morgan fingerprint density at radius 2 is 2.14 bits per heavy atom. The maximum atomic E-state index is 12.2. The topological polar surface area (TPSA) is 42.0 Å². The molecular formula is C17H20N2OS. The van der Waals surface area contributed by atoms with Gasteiger partial charge in [-0.05, 0) is 42.0 Å². The highest BCUT2D eigenvalue weighted by Crippen LogP contribution is 2.24. The lowest BCUT2D eigenvalue weighted by Gasteiger charge is -2.20. The molecule has 2 aromatic heterocycles. The Morgan fingerprint density at radius 1 is 1.29 bits per heavy atom. The lowest BCUT2D eigenvalue weighted by atomic mass is 9.88. The van der Waals surface area contributed by atoms with Gasteiger partial charge < -0.3 is 5.32 Å². The van der Waals surface area contributed by atoms with Gasteiger partial charge in [-0.25, -0.2) is 0 Å². The number of thiophene rings is 1. The van der Waals surface area contributed by atoms with Crippen LogP contribution in [0.5, 0.6) is 0 Å². The fourth-order valence-electron chi connectivity index (χ4n) is 2.84. The van der Waals surface area contributed by atoms with Crippen molar-refractivity contribution in [3.63, 3.8) is 0 Å². The Hall–Kier alpha value is -1.68. The Bertz CT molecular complexity index is 589. The molecule has 0 aromatic carbocycles. The van der Waals surface area contributed by atoms with Crippen molar-refractivity contribution in [3.8, 4) is 10.6 Å². The number of pyridine rings is 1. The smallest absolute Gasteiger partial charge is 0.223 e. The van der Waals surface area contributed by atoms with Gasteiger partial charge in [-0.15, -0.1) is 11.3 Å². The summed E-state index contributed by atoms with van der Waals surface area (Å²) < 4.78 is 0. The van der Waals surface area contributed by atoms with Crippen molar-refractivity contribution < 1.29 is 4.79 Å². The molecule has 4 heteroatoms. The number of rotatable bonds is 4. The molecular weight excluding hydrogens is 280 g/mol. The van der Waals surface area contributed by atoms with Crippen molar-refractivity contribution in [2.24, 2.45) is 5.92 Å². The van der Waals surface area contributed by atoms with E-state index in [1.807, 2.05) is 18.3 Å². The summed E-state index contributed by atoms with van der Waals surface area (Å²) in [4.78, 5) is 17.7. The average Bonchev–Trinajstić information content (AvgIpc) is 3.08. The fourth-order valence-corrected chi connectivity index (χ4v) is 3.53. The zero-order valence-electron chi connectivity index (χ0n) is 12.0. The highest BCUT2D eigenvalue weighted by Gasteiger charge is 2.20. The van der Waals surface area contributed by atoms with Crippen molar-refractivity contribution in [1.29, 1.82) is 0 Å². The molecule has 1 saturated carbocycles. The summed E-state index contributed by atoms with van der Waals surface area (Å²) in [5, 5.41) is 5.13. The minimum Gasteiger partial charge on any atom is -0.352 e. The van der Waals surface area contributed by atoms with Crippen LogP contribution in [0.15, 0.2) is 35.8 Å². The van der Waals surface area contributed by atoms with Crippen molar-refractivity contribution in [2.45, 2.75) is 38.6 Å². The molecule has 0 aliphatic heterocycles. The van der Waals surface area contributed by atoms with E-state index in [1.54, 1.807) is 11.3 Å². The minimum atomic E-state index is 0.212. The average molecular weight is 300 g/mol. The number of hydrogen-bond acceptors (Lipinski definition) is 3. The van der Waals surface area contributed by atoms with Gasteiger partial charge >= 0.3 is 0 Å². The molecule has 1 aliphatic rings. The molecule has 0 radical (unpaired) electrons. The van der Waals surface area contributed by atoms with Gasteiger partial charge in [0, 0.05) is 18.7 Å². The quantitative estimate of drug-likeness (QED) is 0.927. The normalized spacial score (nSPS) is 15.8. The standard InChI is InChI=1S/C17H20N2OS/c20-17(14-5-2-1-3-6-14)19-12-13-8-9-18-15(11-13)16-7-4-10-21-16/h4,7-11,14H,1-3,5-6,12H2,(H,19,20). The first-order valence-electron chi connectivity index (χ1n) is 7.59. The van der Waals surface area contributed by atoms with Gasteiger partial charge in [-0.3, -0.25) is 9.78 Å². The van der Waals surface area contributed by atoms with E-state index in [0.717, 1.165) is 29.0 Å². The third kappa shape index (κ3) is 3.70. The summed E-state index contributed by atoms with van der Waals surface area (Å²) in [6.45, 7) is 0.593. The molecule has 21 heavy (non-hydrogen) atoms. The van der Waals surface area contributed by atoms with Crippen LogP contribution in [0, 0.1) is 5.92 Å².